The summed E-state index contributed by atoms with van der Waals surface area (Å²) >= 11 is 0. The van der Waals surface area contributed by atoms with Crippen LogP contribution in [-0.2, 0) is 0 Å². The Hall–Kier alpha value is -1.12. The Balaban J connectivity index is 2.93. The second kappa shape index (κ2) is 1.78. The lowest BCUT2D eigenvalue weighted by Gasteiger charge is -1.80. The molecule has 0 amide bonds. The van der Waals surface area contributed by atoms with Gasteiger partial charge in [0.15, 0.2) is 0 Å². The molecule has 0 saturated carbocycles. The van der Waals surface area contributed by atoms with E-state index in [1.165, 1.54) is 6.26 Å². The number of nitrogens with one attached hydrogen (secondary N) is 1. The van der Waals surface area contributed by atoms with Gasteiger partial charge in [-0.3, -0.25) is 0 Å². The van der Waals surface area contributed by atoms with E-state index in [4.69, 9.17) is 5.41 Å². The summed E-state index contributed by atoms with van der Waals surface area (Å²) in [5, 5.41) is 10.5. The van der Waals surface area contributed by atoms with Crippen molar-refractivity contribution in [3.8, 4) is 0 Å². The third-order valence-electron chi connectivity index (χ3n) is 0.822. The summed E-state index contributed by atoms with van der Waals surface area (Å²) in [7, 11) is 0. The fourth-order valence-electron chi connectivity index (χ4n) is 0.406. The van der Waals surface area contributed by atoms with E-state index >= 15 is 0 Å². The van der Waals surface area contributed by atoms with E-state index in [0.717, 1.165) is 0 Å². The SMILES string of the molecule is CC(=N)c1ccon1. The van der Waals surface area contributed by atoms with Gasteiger partial charge in [-0.2, -0.15) is 0 Å². The highest BCUT2D eigenvalue weighted by molar-refractivity contribution is 5.93. The van der Waals surface area contributed by atoms with Gasteiger partial charge in [0.25, 0.3) is 0 Å². The van der Waals surface area contributed by atoms with Crippen LogP contribution in [0.2, 0.25) is 0 Å². The minimum absolute atomic E-state index is 0.429. The molecule has 0 saturated heterocycles. The van der Waals surface area contributed by atoms with Crippen molar-refractivity contribution in [3.63, 3.8) is 0 Å². The molecule has 0 fully saturated rings. The van der Waals surface area contributed by atoms with E-state index in [-0.39, 0.29) is 0 Å². The molecule has 1 aromatic heterocycles. The minimum atomic E-state index is 0.429. The summed E-state index contributed by atoms with van der Waals surface area (Å²) in [4.78, 5) is 0. The second-order valence-corrected chi connectivity index (χ2v) is 1.51. The maximum atomic E-state index is 7.03. The summed E-state index contributed by atoms with van der Waals surface area (Å²) in [5.41, 5.74) is 1.03. The maximum absolute atomic E-state index is 7.03. The van der Waals surface area contributed by atoms with Crippen LogP contribution in [0.15, 0.2) is 16.9 Å². The van der Waals surface area contributed by atoms with Crippen molar-refractivity contribution in [3.05, 3.63) is 18.0 Å². The van der Waals surface area contributed by atoms with Gasteiger partial charge in [-0.15, -0.1) is 0 Å². The number of hydrogen-bond donors (Lipinski definition) is 1. The van der Waals surface area contributed by atoms with Gasteiger partial charge in [0, 0.05) is 6.07 Å². The molecule has 1 aromatic rings. The van der Waals surface area contributed by atoms with Crippen LogP contribution >= 0.6 is 0 Å². The number of hydrogen-bond acceptors (Lipinski definition) is 3. The Labute approximate surface area is 46.8 Å². The minimum Gasteiger partial charge on any atom is -0.364 e. The van der Waals surface area contributed by atoms with E-state index in [0.29, 0.717) is 11.4 Å². The first-order valence-corrected chi connectivity index (χ1v) is 2.26. The zero-order valence-electron chi connectivity index (χ0n) is 4.51. The molecule has 0 bridgehead atoms. The van der Waals surface area contributed by atoms with Crippen molar-refractivity contribution in [2.75, 3.05) is 0 Å². The summed E-state index contributed by atoms with van der Waals surface area (Å²) in [6.07, 6.45) is 1.45. The molecule has 0 aliphatic rings. The molecule has 0 radical (unpaired) electrons. The molecule has 0 unspecified atom stereocenters. The Bertz CT molecular complexity index is 178. The third-order valence-corrected chi connectivity index (χ3v) is 0.822. The molecule has 42 valence electrons. The first-order chi connectivity index (χ1) is 3.80. The molecule has 8 heavy (non-hydrogen) atoms. The molecule has 0 aliphatic carbocycles. The maximum Gasteiger partial charge on any atom is 0.127 e. The Morgan fingerprint density at radius 3 is 2.88 bits per heavy atom. The average molecular weight is 110 g/mol. The Morgan fingerprint density at radius 2 is 2.62 bits per heavy atom. The molecule has 3 heteroatoms. The third kappa shape index (κ3) is 0.753. The highest BCUT2D eigenvalue weighted by atomic mass is 16.5. The van der Waals surface area contributed by atoms with Crippen LogP contribution in [0.3, 0.4) is 0 Å². The summed E-state index contributed by atoms with van der Waals surface area (Å²) in [6, 6.07) is 1.66. The van der Waals surface area contributed by atoms with E-state index in [2.05, 4.69) is 9.68 Å². The van der Waals surface area contributed by atoms with Crippen LogP contribution in [-0.4, -0.2) is 10.9 Å². The van der Waals surface area contributed by atoms with Gasteiger partial charge >= 0.3 is 0 Å². The van der Waals surface area contributed by atoms with Gasteiger partial charge in [-0.05, 0) is 6.92 Å². The smallest absolute Gasteiger partial charge is 0.127 e. The summed E-state index contributed by atoms with van der Waals surface area (Å²) in [6.45, 7) is 1.66. The molecule has 1 heterocycles. The number of aromatic nitrogens is 1. The van der Waals surface area contributed by atoms with E-state index in [1.54, 1.807) is 13.0 Å². The first kappa shape index (κ1) is 5.03. The van der Waals surface area contributed by atoms with Gasteiger partial charge in [0.2, 0.25) is 0 Å². The number of rotatable bonds is 1. The predicted octanol–water partition coefficient (Wildman–Crippen LogP) is 1.06. The van der Waals surface area contributed by atoms with Crippen LogP contribution in [0, 0.1) is 5.41 Å². The van der Waals surface area contributed by atoms with Crippen LogP contribution in [0.5, 0.6) is 0 Å². The monoisotopic (exact) mass is 110 g/mol. The lowest BCUT2D eigenvalue weighted by Crippen LogP contribution is -1.89. The molecule has 3 nitrogen and oxygen atoms in total. The molecule has 1 rings (SSSR count). The van der Waals surface area contributed by atoms with Crippen LogP contribution in [0.25, 0.3) is 0 Å². The fourth-order valence-corrected chi connectivity index (χ4v) is 0.406. The van der Waals surface area contributed by atoms with E-state index in [9.17, 15) is 0 Å². The van der Waals surface area contributed by atoms with Crippen LogP contribution in [0.4, 0.5) is 0 Å². The van der Waals surface area contributed by atoms with Gasteiger partial charge in [-0.25, -0.2) is 0 Å². The summed E-state index contributed by atoms with van der Waals surface area (Å²) < 4.78 is 4.48. The second-order valence-electron chi connectivity index (χ2n) is 1.51. The number of nitrogens with zero attached hydrogens (tertiary/aromatic N) is 1. The van der Waals surface area contributed by atoms with Crippen molar-refractivity contribution in [2.24, 2.45) is 0 Å². The largest absolute Gasteiger partial charge is 0.364 e. The van der Waals surface area contributed by atoms with E-state index in [1.807, 2.05) is 0 Å². The van der Waals surface area contributed by atoms with Crippen LogP contribution < -0.4 is 0 Å². The lowest BCUT2D eigenvalue weighted by atomic mass is 10.3. The standard InChI is InChI=1S/C5H6N2O/c1-4(6)5-2-3-8-7-5/h2-3,6H,1H3. The Morgan fingerprint density at radius 1 is 1.88 bits per heavy atom. The van der Waals surface area contributed by atoms with Gasteiger partial charge in [0.1, 0.15) is 12.0 Å². The van der Waals surface area contributed by atoms with E-state index < -0.39 is 0 Å². The zero-order valence-corrected chi connectivity index (χ0v) is 4.51. The van der Waals surface area contributed by atoms with Crippen molar-refractivity contribution < 1.29 is 4.52 Å². The predicted molar refractivity (Wildman–Crippen MR) is 29.0 cm³/mol. The highest BCUT2D eigenvalue weighted by Gasteiger charge is 1.94. The molecule has 0 aliphatic heterocycles. The van der Waals surface area contributed by atoms with Crippen LogP contribution in [0.1, 0.15) is 12.6 Å². The van der Waals surface area contributed by atoms with Crippen molar-refractivity contribution in [2.45, 2.75) is 6.92 Å². The quantitative estimate of drug-likeness (QED) is 0.549. The van der Waals surface area contributed by atoms with Gasteiger partial charge in [0.05, 0.1) is 5.71 Å². The highest BCUT2D eigenvalue weighted by Crippen LogP contribution is 1.93. The molecule has 1 N–H and O–H groups in total. The fraction of sp³-hybridized carbons (Fsp3) is 0.200. The summed E-state index contributed by atoms with van der Waals surface area (Å²) in [5.74, 6) is 0. The Kier molecular flexibility index (Phi) is 1.12. The molecular weight excluding hydrogens is 104 g/mol. The average Bonchev–Trinajstić information content (AvgIpc) is 2.12. The molecular formula is C5H6N2O. The lowest BCUT2D eigenvalue weighted by molar-refractivity contribution is 0.418. The zero-order chi connectivity index (χ0) is 5.98. The molecule has 0 spiro atoms. The molecule has 0 aromatic carbocycles. The first-order valence-electron chi connectivity index (χ1n) is 2.26. The molecule has 0 atom stereocenters. The van der Waals surface area contributed by atoms with Crippen molar-refractivity contribution in [1.29, 1.82) is 5.41 Å². The van der Waals surface area contributed by atoms with Gasteiger partial charge in [-0.1, -0.05) is 5.16 Å². The van der Waals surface area contributed by atoms with Crippen molar-refractivity contribution >= 4 is 5.71 Å². The van der Waals surface area contributed by atoms with Crippen molar-refractivity contribution in [1.82, 2.24) is 5.16 Å². The normalized spacial score (nSPS) is 9.12. The topological polar surface area (TPSA) is 49.9 Å². The van der Waals surface area contributed by atoms with Gasteiger partial charge < -0.3 is 9.93 Å².